The van der Waals surface area contributed by atoms with Gasteiger partial charge in [-0.25, -0.2) is 8.42 Å². The van der Waals surface area contributed by atoms with Crippen LogP contribution >= 0.6 is 0 Å². The van der Waals surface area contributed by atoms with Gasteiger partial charge in [-0.15, -0.1) is 0 Å². The smallest absolute Gasteiger partial charge is 0.183 e. The molecule has 2 aromatic carbocycles. The molecule has 0 spiro atoms. The number of sulfone groups is 1. The van der Waals surface area contributed by atoms with Gasteiger partial charge >= 0.3 is 0 Å². The zero-order chi connectivity index (χ0) is 18.0. The molecule has 2 aliphatic rings. The van der Waals surface area contributed by atoms with Gasteiger partial charge in [0.05, 0.1) is 10.1 Å². The van der Waals surface area contributed by atoms with Crippen LogP contribution in [0.3, 0.4) is 0 Å². The van der Waals surface area contributed by atoms with Crippen molar-refractivity contribution in [1.82, 2.24) is 4.90 Å². The van der Waals surface area contributed by atoms with E-state index in [1.54, 1.807) is 24.3 Å². The van der Waals surface area contributed by atoms with Gasteiger partial charge in [0.2, 0.25) is 0 Å². The molecule has 26 heavy (non-hydrogen) atoms. The van der Waals surface area contributed by atoms with Crippen molar-refractivity contribution in [2.75, 3.05) is 31.1 Å². The predicted octanol–water partition coefficient (Wildman–Crippen LogP) is 3.34. The Hall–Kier alpha value is -1.85. The molecule has 2 heterocycles. The molecule has 0 atom stereocenters. The van der Waals surface area contributed by atoms with E-state index in [-0.39, 0.29) is 5.25 Å². The summed E-state index contributed by atoms with van der Waals surface area (Å²) in [4.78, 5) is 5.11. The summed E-state index contributed by atoms with van der Waals surface area (Å²) in [6.07, 6.45) is 3.91. The lowest BCUT2D eigenvalue weighted by Gasteiger charge is -2.38. The molecule has 0 aromatic heterocycles. The van der Waals surface area contributed by atoms with Crippen LogP contribution in [0.4, 0.5) is 5.69 Å². The van der Waals surface area contributed by atoms with Crippen LogP contribution in [0.5, 0.6) is 0 Å². The zero-order valence-electron chi connectivity index (χ0n) is 15.0. The fraction of sp³-hybridized carbons (Fsp3) is 0.429. The molecule has 0 bridgehead atoms. The highest BCUT2D eigenvalue weighted by Gasteiger charge is 2.37. The Morgan fingerprint density at radius 1 is 0.846 bits per heavy atom. The van der Waals surface area contributed by atoms with E-state index in [2.05, 4.69) is 34.1 Å². The average Bonchev–Trinajstić information content (AvgIpc) is 2.66. The topological polar surface area (TPSA) is 40.6 Å². The number of hydrogen-bond donors (Lipinski definition) is 0. The largest absolute Gasteiger partial charge is 0.372 e. The lowest BCUT2D eigenvalue weighted by molar-refractivity contribution is 0.176. The Bertz CT molecular complexity index is 822. The number of piperidine rings is 1. The van der Waals surface area contributed by atoms with Crippen molar-refractivity contribution in [1.29, 1.82) is 0 Å². The Morgan fingerprint density at radius 3 is 2.15 bits per heavy atom. The summed E-state index contributed by atoms with van der Waals surface area (Å²) in [6, 6.07) is 17.6. The Balaban J connectivity index is 1.33. The summed E-state index contributed by atoms with van der Waals surface area (Å²) in [5.74, 6) is 0. The van der Waals surface area contributed by atoms with Crippen molar-refractivity contribution < 1.29 is 8.42 Å². The monoisotopic (exact) mass is 370 g/mol. The summed E-state index contributed by atoms with van der Waals surface area (Å²) in [6.45, 7) is 4.37. The van der Waals surface area contributed by atoms with Crippen molar-refractivity contribution in [3.8, 4) is 0 Å². The van der Waals surface area contributed by atoms with Gasteiger partial charge in [0.15, 0.2) is 9.84 Å². The molecule has 0 aliphatic carbocycles. The van der Waals surface area contributed by atoms with Gasteiger partial charge in [0.1, 0.15) is 0 Å². The zero-order valence-corrected chi connectivity index (χ0v) is 15.9. The van der Waals surface area contributed by atoms with Crippen LogP contribution in [0.2, 0.25) is 0 Å². The van der Waals surface area contributed by atoms with Crippen LogP contribution in [0.1, 0.15) is 24.8 Å². The van der Waals surface area contributed by atoms with Gasteiger partial charge in [-0.3, -0.25) is 4.90 Å². The Labute approximate surface area is 156 Å². The number of hydrogen-bond acceptors (Lipinski definition) is 4. The molecular weight excluding hydrogens is 344 g/mol. The van der Waals surface area contributed by atoms with Crippen LogP contribution in [0.25, 0.3) is 0 Å². The van der Waals surface area contributed by atoms with Crippen molar-refractivity contribution in [2.45, 2.75) is 36.0 Å². The maximum atomic E-state index is 12.6. The standard InChI is InChI=1S/C21H26N2O2S/c24-26(25,20-7-3-1-4-8-20)21-16-22(17-21)15-18-9-11-19(12-10-18)23-13-5-2-6-14-23/h1,3-4,7-12,21H,2,5-6,13-17H2. The molecular formula is C21H26N2O2S. The number of nitrogens with zero attached hydrogens (tertiary/aromatic N) is 2. The van der Waals surface area contributed by atoms with E-state index in [0.717, 1.165) is 19.6 Å². The van der Waals surface area contributed by atoms with Gasteiger partial charge in [-0.2, -0.15) is 0 Å². The third-order valence-electron chi connectivity index (χ3n) is 5.50. The molecule has 0 radical (unpaired) electrons. The highest BCUT2D eigenvalue weighted by atomic mass is 32.2. The van der Waals surface area contributed by atoms with E-state index in [4.69, 9.17) is 0 Å². The van der Waals surface area contributed by atoms with Crippen molar-refractivity contribution in [3.05, 3.63) is 60.2 Å². The second kappa shape index (κ2) is 7.41. The van der Waals surface area contributed by atoms with E-state index < -0.39 is 9.84 Å². The fourth-order valence-corrected chi connectivity index (χ4v) is 5.61. The average molecular weight is 371 g/mol. The van der Waals surface area contributed by atoms with Crippen molar-refractivity contribution >= 4 is 15.5 Å². The summed E-state index contributed by atoms with van der Waals surface area (Å²) in [7, 11) is -3.20. The molecule has 0 unspecified atom stereocenters. The molecule has 2 aliphatic heterocycles. The fourth-order valence-electron chi connectivity index (χ4n) is 3.87. The summed E-state index contributed by atoms with van der Waals surface area (Å²) in [5, 5.41) is -0.280. The SMILES string of the molecule is O=S(=O)(c1ccccc1)C1CN(Cc2ccc(N3CCCCC3)cc2)C1. The summed E-state index contributed by atoms with van der Waals surface area (Å²) in [5.41, 5.74) is 2.56. The van der Waals surface area contributed by atoms with Gasteiger partial charge < -0.3 is 4.90 Å². The molecule has 2 fully saturated rings. The molecule has 0 saturated carbocycles. The molecule has 138 valence electrons. The third kappa shape index (κ3) is 3.64. The van der Waals surface area contributed by atoms with E-state index in [0.29, 0.717) is 18.0 Å². The number of likely N-dealkylation sites (tertiary alicyclic amines) is 1. The summed E-state index contributed by atoms with van der Waals surface area (Å²) < 4.78 is 25.2. The molecule has 2 saturated heterocycles. The minimum absolute atomic E-state index is 0.280. The number of rotatable bonds is 5. The van der Waals surface area contributed by atoms with E-state index in [1.807, 2.05) is 6.07 Å². The molecule has 2 aromatic rings. The van der Waals surface area contributed by atoms with Crippen LogP contribution < -0.4 is 4.90 Å². The Morgan fingerprint density at radius 2 is 1.50 bits per heavy atom. The van der Waals surface area contributed by atoms with E-state index in [9.17, 15) is 8.42 Å². The first kappa shape index (κ1) is 17.6. The quantitative estimate of drug-likeness (QED) is 0.809. The lowest BCUT2D eigenvalue weighted by atomic mass is 10.1. The second-order valence-electron chi connectivity index (χ2n) is 7.39. The van der Waals surface area contributed by atoms with E-state index in [1.165, 1.54) is 30.5 Å². The first-order chi connectivity index (χ1) is 12.6. The number of benzene rings is 2. The van der Waals surface area contributed by atoms with E-state index >= 15 is 0 Å². The van der Waals surface area contributed by atoms with Gasteiger partial charge in [-0.05, 0) is 49.1 Å². The van der Waals surface area contributed by atoms with Gasteiger partial charge in [-0.1, -0.05) is 30.3 Å². The highest BCUT2D eigenvalue weighted by Crippen LogP contribution is 2.26. The molecule has 5 heteroatoms. The third-order valence-corrected chi connectivity index (χ3v) is 7.60. The summed E-state index contributed by atoms with van der Waals surface area (Å²) >= 11 is 0. The molecule has 0 N–H and O–H groups in total. The Kier molecular flexibility index (Phi) is 5.00. The maximum Gasteiger partial charge on any atom is 0.183 e. The van der Waals surface area contributed by atoms with Gasteiger partial charge in [0, 0.05) is 38.4 Å². The van der Waals surface area contributed by atoms with Crippen molar-refractivity contribution in [2.24, 2.45) is 0 Å². The van der Waals surface area contributed by atoms with Crippen LogP contribution in [-0.4, -0.2) is 44.7 Å². The van der Waals surface area contributed by atoms with Crippen LogP contribution in [0.15, 0.2) is 59.5 Å². The first-order valence-corrected chi connectivity index (χ1v) is 11.0. The second-order valence-corrected chi connectivity index (χ2v) is 9.62. The predicted molar refractivity (Wildman–Crippen MR) is 105 cm³/mol. The molecule has 4 nitrogen and oxygen atoms in total. The molecule has 0 amide bonds. The lowest BCUT2D eigenvalue weighted by Crippen LogP contribution is -2.53. The van der Waals surface area contributed by atoms with Crippen LogP contribution in [0, 0.1) is 0 Å². The van der Waals surface area contributed by atoms with Crippen LogP contribution in [-0.2, 0) is 16.4 Å². The first-order valence-electron chi connectivity index (χ1n) is 9.48. The normalized spacial score (nSPS) is 19.3. The molecule has 4 rings (SSSR count). The van der Waals surface area contributed by atoms with Gasteiger partial charge in [0.25, 0.3) is 0 Å². The number of anilines is 1. The highest BCUT2D eigenvalue weighted by molar-refractivity contribution is 7.92. The minimum Gasteiger partial charge on any atom is -0.372 e. The maximum absolute atomic E-state index is 12.6. The minimum atomic E-state index is -3.20. The van der Waals surface area contributed by atoms with Crippen molar-refractivity contribution in [3.63, 3.8) is 0 Å².